The SMILES string of the molecule is COc1c(Cl)cc(CNc2ccc(C)cc2)cc1Cl. The molecule has 0 atom stereocenters. The minimum Gasteiger partial charge on any atom is -0.494 e. The fourth-order valence-corrected chi connectivity index (χ4v) is 2.47. The average Bonchev–Trinajstić information content (AvgIpc) is 2.38. The summed E-state index contributed by atoms with van der Waals surface area (Å²) >= 11 is 12.2. The van der Waals surface area contributed by atoms with Crippen LogP contribution in [0.4, 0.5) is 5.69 Å². The number of hydrogen-bond acceptors (Lipinski definition) is 2. The lowest BCUT2D eigenvalue weighted by Gasteiger charge is -2.10. The summed E-state index contributed by atoms with van der Waals surface area (Å²) in [5, 5.41) is 4.37. The molecular formula is C15H15Cl2NO. The molecule has 0 aliphatic carbocycles. The van der Waals surface area contributed by atoms with E-state index in [1.54, 1.807) is 7.11 Å². The highest BCUT2D eigenvalue weighted by molar-refractivity contribution is 6.37. The Bertz CT molecular complexity index is 544. The first-order valence-corrected chi connectivity index (χ1v) is 6.68. The molecule has 2 aromatic carbocycles. The number of aryl methyl sites for hydroxylation is 1. The van der Waals surface area contributed by atoms with Crippen LogP contribution in [0.25, 0.3) is 0 Å². The van der Waals surface area contributed by atoms with E-state index in [1.165, 1.54) is 5.56 Å². The van der Waals surface area contributed by atoms with Gasteiger partial charge in [0.25, 0.3) is 0 Å². The van der Waals surface area contributed by atoms with Crippen molar-refractivity contribution in [3.05, 3.63) is 57.6 Å². The van der Waals surface area contributed by atoms with E-state index in [1.807, 2.05) is 24.3 Å². The Morgan fingerprint density at radius 1 is 1.05 bits per heavy atom. The molecule has 0 aliphatic heterocycles. The molecule has 4 heteroatoms. The maximum absolute atomic E-state index is 6.10. The maximum atomic E-state index is 6.10. The molecule has 0 bridgehead atoms. The van der Waals surface area contributed by atoms with Crippen molar-refractivity contribution >= 4 is 28.9 Å². The molecule has 0 spiro atoms. The van der Waals surface area contributed by atoms with Gasteiger partial charge in [0.15, 0.2) is 5.75 Å². The first-order valence-electron chi connectivity index (χ1n) is 5.92. The molecule has 0 saturated carbocycles. The van der Waals surface area contributed by atoms with Gasteiger partial charge in [-0.2, -0.15) is 0 Å². The number of nitrogens with one attached hydrogen (secondary N) is 1. The van der Waals surface area contributed by atoms with Crippen LogP contribution in [-0.4, -0.2) is 7.11 Å². The summed E-state index contributed by atoms with van der Waals surface area (Å²) in [6, 6.07) is 11.9. The van der Waals surface area contributed by atoms with Crippen LogP contribution < -0.4 is 10.1 Å². The van der Waals surface area contributed by atoms with Crippen LogP contribution in [0, 0.1) is 6.92 Å². The first-order chi connectivity index (χ1) is 9.10. The molecule has 0 saturated heterocycles. The van der Waals surface area contributed by atoms with Crippen LogP contribution in [-0.2, 0) is 6.54 Å². The number of ether oxygens (including phenoxy) is 1. The highest BCUT2D eigenvalue weighted by Gasteiger charge is 2.08. The normalized spacial score (nSPS) is 10.3. The molecule has 0 unspecified atom stereocenters. The van der Waals surface area contributed by atoms with E-state index in [0.717, 1.165) is 11.3 Å². The predicted molar refractivity (Wildman–Crippen MR) is 81.5 cm³/mol. The van der Waals surface area contributed by atoms with Crippen LogP contribution >= 0.6 is 23.2 Å². The lowest BCUT2D eigenvalue weighted by molar-refractivity contribution is 0.415. The van der Waals surface area contributed by atoms with Gasteiger partial charge in [0.2, 0.25) is 0 Å². The Kier molecular flexibility index (Phi) is 4.56. The monoisotopic (exact) mass is 295 g/mol. The van der Waals surface area contributed by atoms with Crippen LogP contribution in [0.5, 0.6) is 5.75 Å². The van der Waals surface area contributed by atoms with Crippen molar-refractivity contribution in [2.24, 2.45) is 0 Å². The van der Waals surface area contributed by atoms with Crippen molar-refractivity contribution in [1.29, 1.82) is 0 Å². The Labute approximate surface area is 123 Å². The smallest absolute Gasteiger partial charge is 0.156 e. The third-order valence-electron chi connectivity index (χ3n) is 2.81. The molecule has 0 aromatic heterocycles. The maximum Gasteiger partial charge on any atom is 0.156 e. The van der Waals surface area contributed by atoms with Gasteiger partial charge in [0, 0.05) is 12.2 Å². The molecule has 0 fully saturated rings. The Hall–Kier alpha value is -1.38. The number of anilines is 1. The summed E-state index contributed by atoms with van der Waals surface area (Å²) in [7, 11) is 1.55. The third kappa shape index (κ3) is 3.55. The molecule has 2 aromatic rings. The molecule has 2 rings (SSSR count). The number of hydrogen-bond donors (Lipinski definition) is 1. The topological polar surface area (TPSA) is 21.3 Å². The van der Waals surface area contributed by atoms with Crippen LogP contribution in [0.3, 0.4) is 0 Å². The average molecular weight is 296 g/mol. The van der Waals surface area contributed by atoms with Crippen molar-refractivity contribution in [2.45, 2.75) is 13.5 Å². The lowest BCUT2D eigenvalue weighted by Crippen LogP contribution is -2.00. The second-order valence-corrected chi connectivity index (χ2v) is 5.13. The second kappa shape index (κ2) is 6.18. The number of benzene rings is 2. The van der Waals surface area contributed by atoms with Crippen molar-refractivity contribution < 1.29 is 4.74 Å². The number of rotatable bonds is 4. The zero-order chi connectivity index (χ0) is 13.8. The summed E-state index contributed by atoms with van der Waals surface area (Å²) in [6.07, 6.45) is 0. The van der Waals surface area contributed by atoms with Gasteiger partial charge in [-0.05, 0) is 36.8 Å². The quantitative estimate of drug-likeness (QED) is 0.864. The van der Waals surface area contributed by atoms with E-state index in [-0.39, 0.29) is 0 Å². The Morgan fingerprint density at radius 2 is 1.63 bits per heavy atom. The Balaban J connectivity index is 2.09. The molecule has 19 heavy (non-hydrogen) atoms. The molecule has 2 nitrogen and oxygen atoms in total. The van der Waals surface area contributed by atoms with Crippen molar-refractivity contribution in [3.8, 4) is 5.75 Å². The van der Waals surface area contributed by atoms with Crippen LogP contribution in [0.2, 0.25) is 10.0 Å². The van der Waals surface area contributed by atoms with E-state index in [9.17, 15) is 0 Å². The van der Waals surface area contributed by atoms with Gasteiger partial charge in [-0.3, -0.25) is 0 Å². The van der Waals surface area contributed by atoms with Gasteiger partial charge in [-0.25, -0.2) is 0 Å². The zero-order valence-corrected chi connectivity index (χ0v) is 12.3. The van der Waals surface area contributed by atoms with E-state index >= 15 is 0 Å². The molecule has 0 heterocycles. The Morgan fingerprint density at radius 3 is 2.16 bits per heavy atom. The molecule has 0 aliphatic rings. The van der Waals surface area contributed by atoms with Crippen molar-refractivity contribution in [1.82, 2.24) is 0 Å². The van der Waals surface area contributed by atoms with Gasteiger partial charge in [0.1, 0.15) is 0 Å². The molecule has 1 N–H and O–H groups in total. The summed E-state index contributed by atoms with van der Waals surface area (Å²) in [6.45, 7) is 2.72. The molecule has 0 amide bonds. The van der Waals surface area contributed by atoms with Gasteiger partial charge in [-0.15, -0.1) is 0 Å². The minimum absolute atomic E-state index is 0.516. The minimum atomic E-state index is 0.516. The van der Waals surface area contributed by atoms with Crippen molar-refractivity contribution in [3.63, 3.8) is 0 Å². The highest BCUT2D eigenvalue weighted by Crippen LogP contribution is 2.33. The van der Waals surface area contributed by atoms with Gasteiger partial charge < -0.3 is 10.1 Å². The summed E-state index contributed by atoms with van der Waals surface area (Å²) in [5.74, 6) is 0.516. The first kappa shape index (κ1) is 14.0. The second-order valence-electron chi connectivity index (χ2n) is 4.31. The summed E-state index contributed by atoms with van der Waals surface area (Å²) in [4.78, 5) is 0. The van der Waals surface area contributed by atoms with Gasteiger partial charge in [-0.1, -0.05) is 40.9 Å². The van der Waals surface area contributed by atoms with Crippen LogP contribution in [0.15, 0.2) is 36.4 Å². The van der Waals surface area contributed by atoms with Crippen molar-refractivity contribution in [2.75, 3.05) is 12.4 Å². The van der Waals surface area contributed by atoms with E-state index in [0.29, 0.717) is 22.3 Å². The van der Waals surface area contributed by atoms with E-state index in [2.05, 4.69) is 24.4 Å². The lowest BCUT2D eigenvalue weighted by atomic mass is 10.2. The number of methoxy groups -OCH3 is 1. The summed E-state index contributed by atoms with van der Waals surface area (Å²) < 4.78 is 5.12. The van der Waals surface area contributed by atoms with E-state index in [4.69, 9.17) is 27.9 Å². The number of halogens is 2. The largest absolute Gasteiger partial charge is 0.494 e. The predicted octanol–water partition coefficient (Wildman–Crippen LogP) is 4.92. The van der Waals surface area contributed by atoms with Gasteiger partial charge in [0.05, 0.1) is 17.2 Å². The molecular weight excluding hydrogens is 281 g/mol. The van der Waals surface area contributed by atoms with Crippen LogP contribution in [0.1, 0.15) is 11.1 Å². The highest BCUT2D eigenvalue weighted by atomic mass is 35.5. The van der Waals surface area contributed by atoms with Gasteiger partial charge >= 0.3 is 0 Å². The fraction of sp³-hybridized carbons (Fsp3) is 0.200. The zero-order valence-electron chi connectivity index (χ0n) is 10.8. The standard InChI is InChI=1S/C15H15Cl2NO/c1-10-3-5-12(6-4-10)18-9-11-7-13(16)15(19-2)14(17)8-11/h3-8,18H,9H2,1-2H3. The summed E-state index contributed by atoms with van der Waals surface area (Å²) in [5.41, 5.74) is 3.31. The third-order valence-corrected chi connectivity index (χ3v) is 3.37. The fourth-order valence-electron chi connectivity index (χ4n) is 1.78. The van der Waals surface area contributed by atoms with E-state index < -0.39 is 0 Å². The molecule has 100 valence electrons. The molecule has 0 radical (unpaired) electrons.